The van der Waals surface area contributed by atoms with Gasteiger partial charge in [-0.15, -0.1) is 0 Å². The standard InChI is InChI=1S/C28H22ClN5O5S/c1-17-16-18(2)31-28(30-17)33-40(37,38)23-14-8-19(9-15-23)32-25-24(29)26(35)34(27(25)36)20-10-12-22(13-11-20)39-21-6-4-3-5-7-21/h3-16,32H,1-2H3,(H,30,31,33). The number of para-hydroxylation sites is 1. The topological polar surface area (TPSA) is 131 Å². The van der Waals surface area contributed by atoms with Gasteiger partial charge in [0.1, 0.15) is 22.2 Å². The molecule has 40 heavy (non-hydrogen) atoms. The number of ether oxygens (including phenoxy) is 1. The molecule has 2 heterocycles. The van der Waals surface area contributed by atoms with E-state index in [4.69, 9.17) is 16.3 Å². The molecule has 0 spiro atoms. The van der Waals surface area contributed by atoms with Crippen molar-refractivity contribution < 1.29 is 22.7 Å². The van der Waals surface area contributed by atoms with Crippen LogP contribution in [0.25, 0.3) is 0 Å². The molecule has 4 aromatic rings. The molecular weight excluding hydrogens is 554 g/mol. The van der Waals surface area contributed by atoms with Gasteiger partial charge in [0.05, 0.1) is 10.6 Å². The quantitative estimate of drug-likeness (QED) is 0.277. The van der Waals surface area contributed by atoms with Gasteiger partial charge in [-0.05, 0) is 80.6 Å². The maximum absolute atomic E-state index is 13.1. The second-order valence-corrected chi connectivity index (χ2v) is 10.8. The molecule has 2 N–H and O–H groups in total. The first kappa shape index (κ1) is 26.9. The summed E-state index contributed by atoms with van der Waals surface area (Å²) in [7, 11) is -3.97. The Bertz CT molecular complexity index is 1720. The van der Waals surface area contributed by atoms with Gasteiger partial charge in [0.25, 0.3) is 21.8 Å². The number of hydrogen-bond acceptors (Lipinski definition) is 8. The Kier molecular flexibility index (Phi) is 7.24. The Labute approximate surface area is 235 Å². The maximum atomic E-state index is 13.1. The van der Waals surface area contributed by atoms with Crippen molar-refractivity contribution in [2.24, 2.45) is 0 Å². The van der Waals surface area contributed by atoms with E-state index in [0.717, 1.165) is 4.90 Å². The van der Waals surface area contributed by atoms with Gasteiger partial charge >= 0.3 is 0 Å². The third-order valence-corrected chi connectivity index (χ3v) is 7.44. The van der Waals surface area contributed by atoms with Crippen LogP contribution < -0.4 is 19.7 Å². The number of benzene rings is 3. The van der Waals surface area contributed by atoms with E-state index in [1.54, 1.807) is 56.3 Å². The SMILES string of the molecule is Cc1cc(C)nc(NS(=O)(=O)c2ccc(NC3=C(Cl)C(=O)N(c4ccc(Oc5ccccc5)cc4)C3=O)cc2)n1. The van der Waals surface area contributed by atoms with Gasteiger partial charge < -0.3 is 10.1 Å². The average Bonchev–Trinajstić information content (AvgIpc) is 3.12. The van der Waals surface area contributed by atoms with Crippen molar-refractivity contribution in [3.63, 3.8) is 0 Å². The number of sulfonamides is 1. The van der Waals surface area contributed by atoms with Gasteiger partial charge in [0.15, 0.2) is 0 Å². The lowest BCUT2D eigenvalue weighted by atomic mass is 10.2. The first-order valence-corrected chi connectivity index (χ1v) is 13.8. The van der Waals surface area contributed by atoms with Crippen molar-refractivity contribution in [2.45, 2.75) is 18.7 Å². The van der Waals surface area contributed by atoms with E-state index >= 15 is 0 Å². The van der Waals surface area contributed by atoms with E-state index in [-0.39, 0.29) is 21.6 Å². The normalized spacial score (nSPS) is 13.5. The summed E-state index contributed by atoms with van der Waals surface area (Å²) >= 11 is 6.24. The van der Waals surface area contributed by atoms with Crippen molar-refractivity contribution in [1.29, 1.82) is 0 Å². The number of carbonyl (C=O) groups excluding carboxylic acids is 2. The van der Waals surface area contributed by atoms with E-state index in [1.807, 2.05) is 18.2 Å². The van der Waals surface area contributed by atoms with E-state index in [1.165, 1.54) is 24.3 Å². The van der Waals surface area contributed by atoms with Gasteiger partial charge in [0, 0.05) is 17.1 Å². The Morgan fingerprint density at radius 3 is 2.02 bits per heavy atom. The molecule has 0 unspecified atom stereocenters. The van der Waals surface area contributed by atoms with Crippen LogP contribution in [0.4, 0.5) is 17.3 Å². The molecule has 2 amide bonds. The van der Waals surface area contributed by atoms with E-state index in [0.29, 0.717) is 34.3 Å². The molecule has 0 saturated carbocycles. The summed E-state index contributed by atoms with van der Waals surface area (Å²) in [5.74, 6) is -0.209. The highest BCUT2D eigenvalue weighted by atomic mass is 35.5. The number of nitrogens with zero attached hydrogens (tertiary/aromatic N) is 3. The average molecular weight is 576 g/mol. The summed E-state index contributed by atoms with van der Waals surface area (Å²) < 4.78 is 33.7. The number of aromatic nitrogens is 2. The fourth-order valence-electron chi connectivity index (χ4n) is 3.95. The first-order valence-electron chi connectivity index (χ1n) is 11.9. The zero-order chi connectivity index (χ0) is 28.4. The molecule has 0 radical (unpaired) electrons. The number of carbonyl (C=O) groups is 2. The number of aryl methyl sites for hydroxylation is 2. The third-order valence-electron chi connectivity index (χ3n) is 5.74. The Morgan fingerprint density at radius 1 is 0.800 bits per heavy atom. The minimum absolute atomic E-state index is 0.0357. The van der Waals surface area contributed by atoms with Gasteiger partial charge in [0.2, 0.25) is 5.95 Å². The number of imide groups is 1. The fraction of sp³-hybridized carbons (Fsp3) is 0.0714. The molecule has 3 aromatic carbocycles. The van der Waals surface area contributed by atoms with Crippen molar-refractivity contribution in [3.8, 4) is 11.5 Å². The molecule has 10 nitrogen and oxygen atoms in total. The summed E-state index contributed by atoms with van der Waals surface area (Å²) in [6.07, 6.45) is 0. The predicted molar refractivity (Wildman–Crippen MR) is 151 cm³/mol. The molecule has 0 fully saturated rings. The number of nitrogens with one attached hydrogen (secondary N) is 2. The fourth-order valence-corrected chi connectivity index (χ4v) is 5.10. The number of rotatable bonds is 8. The van der Waals surface area contributed by atoms with E-state index in [2.05, 4.69) is 20.0 Å². The van der Waals surface area contributed by atoms with Gasteiger partial charge in [-0.2, -0.15) is 0 Å². The molecule has 0 atom stereocenters. The zero-order valence-electron chi connectivity index (χ0n) is 21.3. The van der Waals surface area contributed by atoms with Crippen LogP contribution in [0.3, 0.4) is 0 Å². The molecule has 1 aliphatic heterocycles. The van der Waals surface area contributed by atoms with Gasteiger partial charge in [-0.25, -0.2) is 28.0 Å². The molecule has 1 aromatic heterocycles. The molecular formula is C28H22ClN5O5S. The number of amides is 2. The second-order valence-electron chi connectivity index (χ2n) is 8.77. The number of anilines is 3. The summed E-state index contributed by atoms with van der Waals surface area (Å²) in [5, 5.41) is 2.54. The lowest BCUT2D eigenvalue weighted by Gasteiger charge is -2.16. The largest absolute Gasteiger partial charge is 0.457 e. The van der Waals surface area contributed by atoms with E-state index < -0.39 is 21.8 Å². The summed E-state index contributed by atoms with van der Waals surface area (Å²) in [5.41, 5.74) is 1.77. The zero-order valence-corrected chi connectivity index (χ0v) is 22.8. The summed E-state index contributed by atoms with van der Waals surface area (Å²) in [6, 6.07) is 22.9. The van der Waals surface area contributed by atoms with Crippen LogP contribution in [0.1, 0.15) is 11.4 Å². The van der Waals surface area contributed by atoms with Crippen LogP contribution in [-0.2, 0) is 19.6 Å². The van der Waals surface area contributed by atoms with Crippen LogP contribution in [0.15, 0.2) is 101 Å². The van der Waals surface area contributed by atoms with Gasteiger partial charge in [-0.3, -0.25) is 9.59 Å². The molecule has 0 saturated heterocycles. The minimum atomic E-state index is -3.97. The van der Waals surface area contributed by atoms with Crippen molar-refractivity contribution >= 4 is 50.8 Å². The lowest BCUT2D eigenvalue weighted by Crippen LogP contribution is -2.32. The first-order chi connectivity index (χ1) is 19.1. The molecule has 202 valence electrons. The maximum Gasteiger partial charge on any atom is 0.283 e. The minimum Gasteiger partial charge on any atom is -0.457 e. The van der Waals surface area contributed by atoms with Crippen LogP contribution in [0.2, 0.25) is 0 Å². The van der Waals surface area contributed by atoms with Crippen molar-refractivity contribution in [1.82, 2.24) is 9.97 Å². The number of halogens is 1. The van der Waals surface area contributed by atoms with Crippen LogP contribution in [0.5, 0.6) is 11.5 Å². The molecule has 5 rings (SSSR count). The Hall–Kier alpha value is -4.74. The highest BCUT2D eigenvalue weighted by Gasteiger charge is 2.39. The Morgan fingerprint density at radius 2 is 1.40 bits per heavy atom. The summed E-state index contributed by atoms with van der Waals surface area (Å²) in [4.78, 5) is 35.1. The highest BCUT2D eigenvalue weighted by molar-refractivity contribution is 7.92. The molecule has 0 bridgehead atoms. The highest BCUT2D eigenvalue weighted by Crippen LogP contribution is 2.32. The second kappa shape index (κ2) is 10.8. The molecule has 12 heteroatoms. The van der Waals surface area contributed by atoms with Crippen molar-refractivity contribution in [3.05, 3.63) is 107 Å². The molecule has 1 aliphatic rings. The van der Waals surface area contributed by atoms with Crippen molar-refractivity contribution in [2.75, 3.05) is 14.9 Å². The van der Waals surface area contributed by atoms with Crippen LogP contribution >= 0.6 is 11.6 Å². The summed E-state index contributed by atoms with van der Waals surface area (Å²) in [6.45, 7) is 3.47. The van der Waals surface area contributed by atoms with E-state index in [9.17, 15) is 18.0 Å². The smallest absolute Gasteiger partial charge is 0.283 e. The van der Waals surface area contributed by atoms with Crippen LogP contribution in [0, 0.1) is 13.8 Å². The Balaban J connectivity index is 1.28. The number of hydrogen-bond donors (Lipinski definition) is 2. The molecule has 0 aliphatic carbocycles. The lowest BCUT2D eigenvalue weighted by molar-refractivity contribution is -0.120. The monoisotopic (exact) mass is 575 g/mol. The predicted octanol–water partition coefficient (Wildman–Crippen LogP) is 5.12. The third kappa shape index (κ3) is 5.65. The van der Waals surface area contributed by atoms with Crippen LogP contribution in [-0.4, -0.2) is 30.2 Å². The van der Waals surface area contributed by atoms with Gasteiger partial charge in [-0.1, -0.05) is 29.8 Å².